The Kier molecular flexibility index (Phi) is 3.92. The van der Waals surface area contributed by atoms with E-state index in [1.165, 1.54) is 24.3 Å². The van der Waals surface area contributed by atoms with Gasteiger partial charge in [-0.2, -0.15) is 15.6 Å². The summed E-state index contributed by atoms with van der Waals surface area (Å²) in [5, 5.41) is 19.1. The first kappa shape index (κ1) is 15.6. The Hall–Kier alpha value is -3.34. The summed E-state index contributed by atoms with van der Waals surface area (Å²) < 4.78 is 40.4. The number of aromatic nitrogens is 3. The zero-order valence-electron chi connectivity index (χ0n) is 12.0. The molecule has 24 heavy (non-hydrogen) atoms. The summed E-state index contributed by atoms with van der Waals surface area (Å²) in [5.74, 6) is -0.286. The zero-order valence-corrected chi connectivity index (χ0v) is 12.0. The molecular weight excluding hydrogens is 321 g/mol. The van der Waals surface area contributed by atoms with Crippen LogP contribution in [-0.2, 0) is 0 Å². The van der Waals surface area contributed by atoms with Gasteiger partial charge in [-0.1, -0.05) is 30.3 Å². The second-order valence-corrected chi connectivity index (χ2v) is 4.79. The number of nitriles is 1. The third-order valence-electron chi connectivity index (χ3n) is 3.21. The van der Waals surface area contributed by atoms with Crippen LogP contribution in [0, 0.1) is 11.3 Å². The normalized spacial score (nSPS) is 11.1. The fourth-order valence-electron chi connectivity index (χ4n) is 2.21. The lowest BCUT2D eigenvalue weighted by Crippen LogP contribution is -2.16. The van der Waals surface area contributed by atoms with Crippen molar-refractivity contribution in [3.63, 3.8) is 0 Å². The van der Waals surface area contributed by atoms with Gasteiger partial charge >= 0.3 is 6.36 Å². The minimum absolute atomic E-state index is 0.168. The molecule has 3 aromatic rings. The molecule has 0 fully saturated rings. The van der Waals surface area contributed by atoms with E-state index in [-0.39, 0.29) is 11.4 Å². The second-order valence-electron chi connectivity index (χ2n) is 4.79. The highest BCUT2D eigenvalue weighted by Gasteiger charge is 2.30. The van der Waals surface area contributed by atoms with Crippen molar-refractivity contribution in [1.82, 2.24) is 15.4 Å². The quantitative estimate of drug-likeness (QED) is 0.790. The Morgan fingerprint density at radius 3 is 2.33 bits per heavy atom. The molecule has 0 aliphatic rings. The van der Waals surface area contributed by atoms with Crippen molar-refractivity contribution in [2.75, 3.05) is 0 Å². The van der Waals surface area contributed by atoms with Crippen LogP contribution in [0.3, 0.4) is 0 Å². The van der Waals surface area contributed by atoms with Gasteiger partial charge in [-0.05, 0) is 29.3 Å². The van der Waals surface area contributed by atoms with Gasteiger partial charge in [0.15, 0.2) is 5.69 Å². The molecule has 0 saturated carbocycles. The number of nitrogens with one attached hydrogen (secondary N) is 1. The number of hydrogen-bond donors (Lipinski definition) is 1. The Labute approximate surface area is 134 Å². The Morgan fingerprint density at radius 2 is 1.67 bits per heavy atom. The van der Waals surface area contributed by atoms with Gasteiger partial charge in [-0.3, -0.25) is 0 Å². The fourth-order valence-corrected chi connectivity index (χ4v) is 2.21. The van der Waals surface area contributed by atoms with Crippen molar-refractivity contribution in [1.29, 1.82) is 5.26 Å². The topological polar surface area (TPSA) is 74.6 Å². The highest BCUT2D eigenvalue weighted by molar-refractivity contribution is 5.73. The van der Waals surface area contributed by atoms with E-state index < -0.39 is 6.36 Å². The van der Waals surface area contributed by atoms with E-state index >= 15 is 0 Å². The molecule has 0 radical (unpaired) electrons. The van der Waals surface area contributed by atoms with Crippen LogP contribution in [0.5, 0.6) is 5.75 Å². The van der Waals surface area contributed by atoms with Crippen molar-refractivity contribution in [3.8, 4) is 34.2 Å². The van der Waals surface area contributed by atoms with E-state index in [1.807, 2.05) is 6.07 Å². The minimum atomic E-state index is -4.72. The molecule has 3 rings (SSSR count). The van der Waals surface area contributed by atoms with Gasteiger partial charge in [0.2, 0.25) is 0 Å². The number of nitrogens with zero attached hydrogens (tertiary/aromatic N) is 3. The molecule has 120 valence electrons. The van der Waals surface area contributed by atoms with Crippen LogP contribution in [0.15, 0.2) is 48.5 Å². The molecule has 1 N–H and O–H groups in total. The third-order valence-corrected chi connectivity index (χ3v) is 3.21. The molecule has 0 atom stereocenters. The Morgan fingerprint density at radius 1 is 0.958 bits per heavy atom. The highest BCUT2D eigenvalue weighted by Crippen LogP contribution is 2.29. The first-order valence-electron chi connectivity index (χ1n) is 6.74. The number of benzene rings is 2. The number of rotatable bonds is 3. The number of aromatic amines is 1. The van der Waals surface area contributed by atoms with E-state index in [1.54, 1.807) is 24.3 Å². The molecule has 0 unspecified atom stereocenters. The average Bonchev–Trinajstić information content (AvgIpc) is 3.03. The monoisotopic (exact) mass is 330 g/mol. The van der Waals surface area contributed by atoms with Crippen LogP contribution in [-0.4, -0.2) is 21.8 Å². The molecule has 1 aromatic heterocycles. The summed E-state index contributed by atoms with van der Waals surface area (Å²) >= 11 is 0. The zero-order chi connectivity index (χ0) is 17.2. The number of halogens is 3. The van der Waals surface area contributed by atoms with Crippen molar-refractivity contribution >= 4 is 0 Å². The fraction of sp³-hybridized carbons (Fsp3) is 0.0625. The van der Waals surface area contributed by atoms with Gasteiger partial charge in [0.1, 0.15) is 17.5 Å². The Bertz CT molecular complexity index is 895. The molecule has 0 spiro atoms. The summed E-state index contributed by atoms with van der Waals surface area (Å²) in [6, 6.07) is 14.6. The molecule has 2 aromatic carbocycles. The van der Waals surface area contributed by atoms with Crippen LogP contribution < -0.4 is 4.74 Å². The summed E-state index contributed by atoms with van der Waals surface area (Å²) in [5.41, 5.74) is 2.72. The van der Waals surface area contributed by atoms with Crippen molar-refractivity contribution < 1.29 is 17.9 Å². The van der Waals surface area contributed by atoms with Crippen molar-refractivity contribution in [2.45, 2.75) is 6.36 Å². The molecule has 0 aliphatic carbocycles. The maximum atomic E-state index is 12.2. The molecule has 0 amide bonds. The van der Waals surface area contributed by atoms with Crippen molar-refractivity contribution in [3.05, 3.63) is 54.2 Å². The standard InChI is InChI=1S/C16H9F3N4O/c17-16(18,19)24-13-6-4-10(5-7-13)11-2-1-3-12(8-11)15-14(9-20)21-23-22-15/h1-8H,(H,21,22,23). The maximum absolute atomic E-state index is 12.2. The number of ether oxygens (including phenoxy) is 1. The lowest BCUT2D eigenvalue weighted by molar-refractivity contribution is -0.274. The molecule has 1 heterocycles. The van der Waals surface area contributed by atoms with Gasteiger partial charge in [0.25, 0.3) is 0 Å². The molecule has 0 bridgehead atoms. The van der Waals surface area contributed by atoms with E-state index in [0.717, 1.165) is 5.56 Å². The van der Waals surface area contributed by atoms with Crippen LogP contribution in [0.2, 0.25) is 0 Å². The number of alkyl halides is 3. The predicted octanol–water partition coefficient (Wildman–Crippen LogP) is 3.91. The number of hydrogen-bond acceptors (Lipinski definition) is 4. The van der Waals surface area contributed by atoms with Crippen molar-refractivity contribution in [2.24, 2.45) is 0 Å². The smallest absolute Gasteiger partial charge is 0.406 e. The van der Waals surface area contributed by atoms with E-state index in [9.17, 15) is 13.2 Å². The SMILES string of the molecule is N#Cc1n[nH]nc1-c1cccc(-c2ccc(OC(F)(F)F)cc2)c1. The average molecular weight is 330 g/mol. The lowest BCUT2D eigenvalue weighted by atomic mass is 10.0. The highest BCUT2D eigenvalue weighted by atomic mass is 19.4. The first-order valence-corrected chi connectivity index (χ1v) is 6.74. The van der Waals surface area contributed by atoms with E-state index in [2.05, 4.69) is 20.1 Å². The second kappa shape index (κ2) is 6.04. The summed E-state index contributed by atoms with van der Waals surface area (Å²) in [7, 11) is 0. The molecule has 0 aliphatic heterocycles. The number of H-pyrrole nitrogens is 1. The summed E-state index contributed by atoms with van der Waals surface area (Å²) in [6.45, 7) is 0. The largest absolute Gasteiger partial charge is 0.573 e. The van der Waals surface area contributed by atoms with Gasteiger partial charge in [0.05, 0.1) is 0 Å². The van der Waals surface area contributed by atoms with Gasteiger partial charge < -0.3 is 4.74 Å². The lowest BCUT2D eigenvalue weighted by Gasteiger charge is -2.09. The van der Waals surface area contributed by atoms with Crippen LogP contribution >= 0.6 is 0 Å². The van der Waals surface area contributed by atoms with Gasteiger partial charge in [0, 0.05) is 5.56 Å². The van der Waals surface area contributed by atoms with Crippen LogP contribution in [0.25, 0.3) is 22.4 Å². The first-order chi connectivity index (χ1) is 11.5. The minimum Gasteiger partial charge on any atom is -0.406 e. The third kappa shape index (κ3) is 3.35. The van der Waals surface area contributed by atoms with Gasteiger partial charge in [-0.15, -0.1) is 18.3 Å². The van der Waals surface area contributed by atoms with Crippen LogP contribution in [0.4, 0.5) is 13.2 Å². The van der Waals surface area contributed by atoms with E-state index in [4.69, 9.17) is 5.26 Å². The molecule has 5 nitrogen and oxygen atoms in total. The molecule has 8 heteroatoms. The molecule has 0 saturated heterocycles. The van der Waals surface area contributed by atoms with E-state index in [0.29, 0.717) is 16.8 Å². The predicted molar refractivity (Wildman–Crippen MR) is 78.7 cm³/mol. The Balaban J connectivity index is 1.91. The van der Waals surface area contributed by atoms with Crippen LogP contribution in [0.1, 0.15) is 5.69 Å². The van der Waals surface area contributed by atoms with Gasteiger partial charge in [-0.25, -0.2) is 0 Å². The summed E-state index contributed by atoms with van der Waals surface area (Å²) in [4.78, 5) is 0. The maximum Gasteiger partial charge on any atom is 0.573 e. The molecular formula is C16H9F3N4O. The summed E-state index contributed by atoms with van der Waals surface area (Å²) in [6.07, 6.45) is -4.72.